The van der Waals surface area contributed by atoms with Crippen molar-refractivity contribution < 1.29 is 9.53 Å². The second-order valence-corrected chi connectivity index (χ2v) is 4.97. The quantitative estimate of drug-likeness (QED) is 0.826. The van der Waals surface area contributed by atoms with E-state index in [0.717, 1.165) is 19.4 Å². The summed E-state index contributed by atoms with van der Waals surface area (Å²) < 4.78 is 4.58. The highest BCUT2D eigenvalue weighted by Gasteiger charge is 2.22. The minimum atomic E-state index is -0.466. The minimum absolute atomic E-state index is 0.227. The van der Waals surface area contributed by atoms with Gasteiger partial charge < -0.3 is 15.0 Å². The van der Waals surface area contributed by atoms with Gasteiger partial charge in [0.05, 0.1) is 19.5 Å². The fourth-order valence-corrected chi connectivity index (χ4v) is 2.24. The Morgan fingerprint density at radius 3 is 2.84 bits per heavy atom. The second kappa shape index (κ2) is 5.97. The average molecular weight is 264 g/mol. The first-order chi connectivity index (χ1) is 9.10. The maximum absolute atomic E-state index is 11.2. The molecule has 2 atom stereocenters. The standard InChI is InChI=1S/C13H20N4O2/c1-9-6-10(4-5-17(9)2)16-12-8-14-11(7-15-12)13(18)19-3/h7-10H,4-6H2,1-3H3,(H,15,16). The molecule has 6 nitrogen and oxygen atoms in total. The molecule has 104 valence electrons. The molecule has 1 aromatic rings. The van der Waals surface area contributed by atoms with Crippen LogP contribution in [0.25, 0.3) is 0 Å². The monoisotopic (exact) mass is 264 g/mol. The van der Waals surface area contributed by atoms with Crippen LogP contribution in [0.5, 0.6) is 0 Å². The van der Waals surface area contributed by atoms with Crippen molar-refractivity contribution in [2.24, 2.45) is 0 Å². The Balaban J connectivity index is 1.94. The van der Waals surface area contributed by atoms with Gasteiger partial charge in [0.2, 0.25) is 0 Å². The maximum Gasteiger partial charge on any atom is 0.358 e. The van der Waals surface area contributed by atoms with Crippen LogP contribution in [0.1, 0.15) is 30.3 Å². The van der Waals surface area contributed by atoms with Crippen LogP contribution in [0.4, 0.5) is 5.82 Å². The van der Waals surface area contributed by atoms with Crippen LogP contribution in [0.15, 0.2) is 12.4 Å². The molecular formula is C13H20N4O2. The molecule has 0 amide bonds. The van der Waals surface area contributed by atoms with Gasteiger partial charge in [-0.3, -0.25) is 0 Å². The topological polar surface area (TPSA) is 67.3 Å². The van der Waals surface area contributed by atoms with Crippen molar-refractivity contribution in [1.29, 1.82) is 0 Å². The number of nitrogens with one attached hydrogen (secondary N) is 1. The molecule has 1 saturated heterocycles. The number of rotatable bonds is 3. The van der Waals surface area contributed by atoms with Gasteiger partial charge in [-0.25, -0.2) is 14.8 Å². The van der Waals surface area contributed by atoms with Crippen molar-refractivity contribution in [1.82, 2.24) is 14.9 Å². The molecule has 0 spiro atoms. The number of carbonyl (C=O) groups is 1. The highest BCUT2D eigenvalue weighted by atomic mass is 16.5. The molecular weight excluding hydrogens is 244 g/mol. The number of piperidine rings is 1. The number of aromatic nitrogens is 2. The summed E-state index contributed by atoms with van der Waals surface area (Å²) in [5, 5.41) is 3.36. The van der Waals surface area contributed by atoms with Gasteiger partial charge in [0.1, 0.15) is 5.82 Å². The third kappa shape index (κ3) is 3.41. The Morgan fingerprint density at radius 2 is 2.26 bits per heavy atom. The number of hydrogen-bond acceptors (Lipinski definition) is 6. The lowest BCUT2D eigenvalue weighted by Crippen LogP contribution is -2.42. The fraction of sp³-hybridized carbons (Fsp3) is 0.615. The third-order valence-corrected chi connectivity index (χ3v) is 3.61. The van der Waals surface area contributed by atoms with Crippen molar-refractivity contribution in [3.8, 4) is 0 Å². The van der Waals surface area contributed by atoms with Gasteiger partial charge in [-0.15, -0.1) is 0 Å². The average Bonchev–Trinajstić information content (AvgIpc) is 2.43. The van der Waals surface area contributed by atoms with Crippen LogP contribution >= 0.6 is 0 Å². The first-order valence-electron chi connectivity index (χ1n) is 6.47. The summed E-state index contributed by atoms with van der Waals surface area (Å²) in [7, 11) is 3.47. The van der Waals surface area contributed by atoms with Crippen LogP contribution in [-0.2, 0) is 4.74 Å². The highest BCUT2D eigenvalue weighted by molar-refractivity contribution is 5.86. The molecule has 0 aliphatic carbocycles. The normalized spacial score (nSPS) is 23.9. The lowest BCUT2D eigenvalue weighted by atomic mass is 9.99. The van der Waals surface area contributed by atoms with Gasteiger partial charge in [0.25, 0.3) is 0 Å². The van der Waals surface area contributed by atoms with E-state index in [2.05, 4.69) is 38.9 Å². The molecule has 2 unspecified atom stereocenters. The molecule has 2 rings (SSSR count). The van der Waals surface area contributed by atoms with Gasteiger partial charge in [-0.05, 0) is 26.8 Å². The van der Waals surface area contributed by atoms with E-state index in [1.807, 2.05) is 0 Å². The molecule has 0 saturated carbocycles. The molecule has 1 aliphatic rings. The van der Waals surface area contributed by atoms with E-state index in [9.17, 15) is 4.79 Å². The van der Waals surface area contributed by atoms with Gasteiger partial charge in [0, 0.05) is 18.6 Å². The number of carbonyl (C=O) groups excluding carboxylic acids is 1. The summed E-state index contributed by atoms with van der Waals surface area (Å²) in [5.41, 5.74) is 0.227. The van der Waals surface area contributed by atoms with Crippen molar-refractivity contribution in [3.05, 3.63) is 18.1 Å². The Bertz CT molecular complexity index is 435. The zero-order valence-corrected chi connectivity index (χ0v) is 11.6. The van der Waals surface area contributed by atoms with Crippen molar-refractivity contribution in [2.45, 2.75) is 31.8 Å². The number of likely N-dealkylation sites (tertiary alicyclic amines) is 1. The Kier molecular flexibility index (Phi) is 4.31. The highest BCUT2D eigenvalue weighted by Crippen LogP contribution is 2.18. The maximum atomic E-state index is 11.2. The Morgan fingerprint density at radius 1 is 1.47 bits per heavy atom. The van der Waals surface area contributed by atoms with E-state index >= 15 is 0 Å². The predicted molar refractivity (Wildman–Crippen MR) is 72.1 cm³/mol. The summed E-state index contributed by atoms with van der Waals surface area (Å²) in [6.45, 7) is 3.30. The number of nitrogens with zero attached hydrogens (tertiary/aromatic N) is 3. The molecule has 0 aromatic carbocycles. The second-order valence-electron chi connectivity index (χ2n) is 4.97. The number of methoxy groups -OCH3 is 1. The number of anilines is 1. The molecule has 0 radical (unpaired) electrons. The minimum Gasteiger partial charge on any atom is -0.464 e. The third-order valence-electron chi connectivity index (χ3n) is 3.61. The zero-order chi connectivity index (χ0) is 13.8. The lowest BCUT2D eigenvalue weighted by molar-refractivity contribution is 0.0593. The Labute approximate surface area is 113 Å². The lowest BCUT2D eigenvalue weighted by Gasteiger charge is -2.35. The number of hydrogen-bond donors (Lipinski definition) is 1. The SMILES string of the molecule is COC(=O)c1cnc(NC2CCN(C)C(C)C2)cn1. The van der Waals surface area contributed by atoms with Crippen LogP contribution in [0.2, 0.25) is 0 Å². The molecule has 2 heterocycles. The van der Waals surface area contributed by atoms with Gasteiger partial charge in [-0.2, -0.15) is 0 Å². The van der Waals surface area contributed by atoms with E-state index in [4.69, 9.17) is 0 Å². The fourth-order valence-electron chi connectivity index (χ4n) is 2.24. The number of esters is 1. The molecule has 6 heteroatoms. The van der Waals surface area contributed by atoms with E-state index in [1.54, 1.807) is 6.20 Å². The molecule has 19 heavy (non-hydrogen) atoms. The molecule has 1 N–H and O–H groups in total. The van der Waals surface area contributed by atoms with Gasteiger partial charge in [0.15, 0.2) is 5.69 Å². The molecule has 0 bridgehead atoms. The Hall–Kier alpha value is -1.69. The molecule has 1 aliphatic heterocycles. The van der Waals surface area contributed by atoms with Crippen LogP contribution in [0, 0.1) is 0 Å². The summed E-state index contributed by atoms with van der Waals surface area (Å²) in [6, 6.07) is 0.970. The van der Waals surface area contributed by atoms with Crippen molar-refractivity contribution >= 4 is 11.8 Å². The largest absolute Gasteiger partial charge is 0.464 e. The van der Waals surface area contributed by atoms with E-state index < -0.39 is 5.97 Å². The summed E-state index contributed by atoms with van der Waals surface area (Å²) >= 11 is 0. The summed E-state index contributed by atoms with van der Waals surface area (Å²) in [6.07, 6.45) is 5.18. The van der Waals surface area contributed by atoms with Gasteiger partial charge >= 0.3 is 5.97 Å². The van der Waals surface area contributed by atoms with Crippen molar-refractivity contribution in [2.75, 3.05) is 26.0 Å². The summed E-state index contributed by atoms with van der Waals surface area (Å²) in [4.78, 5) is 21.8. The smallest absolute Gasteiger partial charge is 0.358 e. The first-order valence-corrected chi connectivity index (χ1v) is 6.47. The van der Waals surface area contributed by atoms with Crippen molar-refractivity contribution in [3.63, 3.8) is 0 Å². The van der Waals surface area contributed by atoms with Crippen LogP contribution < -0.4 is 5.32 Å². The van der Waals surface area contributed by atoms with Crippen LogP contribution in [0.3, 0.4) is 0 Å². The molecule has 1 fully saturated rings. The number of ether oxygens (including phenoxy) is 1. The predicted octanol–water partition coefficient (Wildman–Crippen LogP) is 1.16. The van der Waals surface area contributed by atoms with E-state index in [0.29, 0.717) is 17.9 Å². The van der Waals surface area contributed by atoms with E-state index in [1.165, 1.54) is 13.3 Å². The first kappa shape index (κ1) is 13.7. The zero-order valence-electron chi connectivity index (χ0n) is 11.6. The molecule has 1 aromatic heterocycles. The van der Waals surface area contributed by atoms with E-state index in [-0.39, 0.29) is 5.69 Å². The van der Waals surface area contributed by atoms with Gasteiger partial charge in [-0.1, -0.05) is 0 Å². The van der Waals surface area contributed by atoms with Crippen LogP contribution in [-0.4, -0.2) is 53.6 Å². The summed E-state index contributed by atoms with van der Waals surface area (Å²) in [5.74, 6) is 0.237.